The van der Waals surface area contributed by atoms with Crippen molar-refractivity contribution in [1.29, 1.82) is 0 Å². The van der Waals surface area contributed by atoms with Gasteiger partial charge in [0.05, 0.1) is 24.4 Å². The summed E-state index contributed by atoms with van der Waals surface area (Å²) in [5.41, 5.74) is 15.6. The Kier molecular flexibility index (Phi) is 5.37. The molecule has 0 spiro atoms. The van der Waals surface area contributed by atoms with E-state index in [9.17, 15) is 9.90 Å². The van der Waals surface area contributed by atoms with Crippen molar-refractivity contribution in [2.45, 2.75) is 31.7 Å². The van der Waals surface area contributed by atoms with E-state index in [1.54, 1.807) is 13.1 Å². The Hall–Kier alpha value is -3.07. The van der Waals surface area contributed by atoms with Crippen molar-refractivity contribution in [2.24, 2.45) is 5.11 Å². The van der Waals surface area contributed by atoms with Gasteiger partial charge in [-0.15, -0.1) is 0 Å². The van der Waals surface area contributed by atoms with Crippen LogP contribution in [0.25, 0.3) is 10.4 Å². The van der Waals surface area contributed by atoms with Crippen molar-refractivity contribution in [2.75, 3.05) is 17.5 Å². The largest absolute Gasteiger partial charge is 0.394 e. The molecule has 0 saturated carbocycles. The Morgan fingerprint density at radius 3 is 2.88 bits per heavy atom. The summed E-state index contributed by atoms with van der Waals surface area (Å²) in [7, 11) is 0. The average Bonchev–Trinajstić information content (AvgIpc) is 3.06. The quantitative estimate of drug-likeness (QED) is 0.313. The molecule has 10 nitrogen and oxygen atoms in total. The zero-order valence-corrected chi connectivity index (χ0v) is 14.1. The molecule has 3 N–H and O–H groups in total. The van der Waals surface area contributed by atoms with Crippen LogP contribution in [0.2, 0.25) is 0 Å². The number of aliphatic hydroxyl groups excluding tert-OH is 1. The van der Waals surface area contributed by atoms with Gasteiger partial charge < -0.3 is 9.84 Å². The van der Waals surface area contributed by atoms with Gasteiger partial charge in [-0.05, 0) is 24.6 Å². The molecular weight excluding hydrogens is 338 g/mol. The number of azide groups is 1. The van der Waals surface area contributed by atoms with Crippen LogP contribution in [0.4, 0.5) is 11.5 Å². The molecule has 3 atom stereocenters. The predicted octanol–water partition coefficient (Wildman–Crippen LogP) is 1.95. The second-order valence-electron chi connectivity index (χ2n) is 5.90. The van der Waals surface area contributed by atoms with Crippen molar-refractivity contribution < 1.29 is 9.84 Å². The number of anilines is 2. The van der Waals surface area contributed by atoms with Crippen molar-refractivity contribution >= 4 is 11.5 Å². The van der Waals surface area contributed by atoms with Crippen LogP contribution in [0.5, 0.6) is 0 Å². The molecule has 136 valence electrons. The Labute approximate surface area is 149 Å². The van der Waals surface area contributed by atoms with E-state index in [0.29, 0.717) is 12.2 Å². The van der Waals surface area contributed by atoms with Crippen LogP contribution in [0.3, 0.4) is 0 Å². The van der Waals surface area contributed by atoms with E-state index in [4.69, 9.17) is 10.3 Å². The van der Waals surface area contributed by atoms with Crippen LogP contribution in [-0.4, -0.2) is 33.4 Å². The molecule has 1 unspecified atom stereocenters. The molecule has 1 aliphatic rings. The van der Waals surface area contributed by atoms with Crippen LogP contribution in [0.1, 0.15) is 18.2 Å². The fourth-order valence-corrected chi connectivity index (χ4v) is 2.79. The minimum Gasteiger partial charge on any atom is -0.394 e. The maximum atomic E-state index is 12.4. The molecule has 1 aromatic carbocycles. The fourth-order valence-electron chi connectivity index (χ4n) is 2.79. The number of nitrogens with zero attached hydrogens (tertiary/aromatic N) is 5. The molecule has 0 bridgehead atoms. The Morgan fingerprint density at radius 2 is 2.19 bits per heavy atom. The second-order valence-corrected chi connectivity index (χ2v) is 5.90. The third-order valence-electron chi connectivity index (χ3n) is 4.13. The zero-order chi connectivity index (χ0) is 18.5. The molecule has 3 rings (SSSR count). The smallest absolute Gasteiger partial charge is 0.351 e. The summed E-state index contributed by atoms with van der Waals surface area (Å²) in [6, 6.07) is 8.90. The van der Waals surface area contributed by atoms with Crippen LogP contribution in [-0.2, 0) is 4.74 Å². The van der Waals surface area contributed by atoms with Gasteiger partial charge in [0.1, 0.15) is 6.23 Å². The molecule has 1 saturated heterocycles. The number of nitrogens with one attached hydrogen (secondary N) is 2. The van der Waals surface area contributed by atoms with Gasteiger partial charge in [-0.3, -0.25) is 15.4 Å². The molecule has 1 aliphatic heterocycles. The maximum absolute atomic E-state index is 12.4. The third-order valence-corrected chi connectivity index (χ3v) is 4.13. The number of hydrogen-bond acceptors (Lipinski definition) is 7. The summed E-state index contributed by atoms with van der Waals surface area (Å²) in [4.78, 5) is 19.2. The molecule has 2 heterocycles. The normalized spacial score (nSPS) is 21.8. The minimum absolute atomic E-state index is 0.290. The van der Waals surface area contributed by atoms with Gasteiger partial charge in [0.15, 0.2) is 5.82 Å². The number of aliphatic hydroxyl groups is 1. The van der Waals surface area contributed by atoms with E-state index in [2.05, 4.69) is 25.9 Å². The molecule has 0 radical (unpaired) electrons. The highest BCUT2D eigenvalue weighted by molar-refractivity contribution is 5.51. The monoisotopic (exact) mass is 357 g/mol. The summed E-state index contributed by atoms with van der Waals surface area (Å²) in [6.07, 6.45) is 0.644. The SMILES string of the molecule is Cc1cn([C@H]2CC(N=[N+]=[N-])[C@@H](CO)O2)c(=O)nc1NNc1ccccc1. The Bertz CT molecular complexity index is 864. The molecule has 26 heavy (non-hydrogen) atoms. The topological polar surface area (TPSA) is 137 Å². The Balaban J connectivity index is 1.77. The van der Waals surface area contributed by atoms with Crippen molar-refractivity contribution in [3.05, 3.63) is 63.0 Å². The molecule has 2 aromatic rings. The highest BCUT2D eigenvalue weighted by Crippen LogP contribution is 2.30. The van der Waals surface area contributed by atoms with E-state index in [1.165, 1.54) is 4.57 Å². The molecule has 0 aliphatic carbocycles. The molecule has 10 heteroatoms. The van der Waals surface area contributed by atoms with E-state index in [-0.39, 0.29) is 6.61 Å². The Morgan fingerprint density at radius 1 is 1.42 bits per heavy atom. The molecular formula is C16H19N7O3. The van der Waals surface area contributed by atoms with Crippen molar-refractivity contribution in [3.8, 4) is 0 Å². The number of aryl methyl sites for hydroxylation is 1. The van der Waals surface area contributed by atoms with E-state index in [0.717, 1.165) is 11.3 Å². The summed E-state index contributed by atoms with van der Waals surface area (Å²) in [5.74, 6) is 0.401. The number of benzene rings is 1. The van der Waals surface area contributed by atoms with Gasteiger partial charge in [-0.1, -0.05) is 23.3 Å². The van der Waals surface area contributed by atoms with Gasteiger partial charge in [0.25, 0.3) is 0 Å². The van der Waals surface area contributed by atoms with Crippen LogP contribution < -0.4 is 16.5 Å². The predicted molar refractivity (Wildman–Crippen MR) is 95.5 cm³/mol. The lowest BCUT2D eigenvalue weighted by molar-refractivity contribution is -0.0270. The first-order chi connectivity index (χ1) is 12.6. The number of rotatable bonds is 6. The lowest BCUT2D eigenvalue weighted by Gasteiger charge is -2.17. The first kappa shape index (κ1) is 17.7. The zero-order valence-electron chi connectivity index (χ0n) is 14.1. The summed E-state index contributed by atoms with van der Waals surface area (Å²) in [6.45, 7) is 1.52. The van der Waals surface area contributed by atoms with E-state index >= 15 is 0 Å². The second kappa shape index (κ2) is 7.87. The average molecular weight is 357 g/mol. The van der Waals surface area contributed by atoms with Crippen LogP contribution in [0.15, 0.2) is 46.4 Å². The van der Waals surface area contributed by atoms with E-state index < -0.39 is 24.1 Å². The molecule has 1 aromatic heterocycles. The van der Waals surface area contributed by atoms with Crippen molar-refractivity contribution in [3.63, 3.8) is 0 Å². The lowest BCUT2D eigenvalue weighted by atomic mass is 10.1. The third kappa shape index (κ3) is 3.77. The highest BCUT2D eigenvalue weighted by Gasteiger charge is 2.35. The molecule has 0 amide bonds. The van der Waals surface area contributed by atoms with Gasteiger partial charge in [0.2, 0.25) is 0 Å². The number of aromatic nitrogens is 2. The summed E-state index contributed by atoms with van der Waals surface area (Å²) < 4.78 is 6.98. The summed E-state index contributed by atoms with van der Waals surface area (Å²) >= 11 is 0. The van der Waals surface area contributed by atoms with Gasteiger partial charge >= 0.3 is 5.69 Å². The fraction of sp³-hybridized carbons (Fsp3) is 0.375. The number of ether oxygens (including phenoxy) is 1. The summed E-state index contributed by atoms with van der Waals surface area (Å²) in [5, 5.41) is 13.0. The number of hydrazine groups is 1. The van der Waals surface area contributed by atoms with Crippen LogP contribution >= 0.6 is 0 Å². The van der Waals surface area contributed by atoms with Crippen LogP contribution in [0, 0.1) is 6.92 Å². The molecule has 1 fully saturated rings. The first-order valence-electron chi connectivity index (χ1n) is 8.09. The number of para-hydroxylation sites is 1. The minimum atomic E-state index is -0.641. The highest BCUT2D eigenvalue weighted by atomic mass is 16.5. The lowest BCUT2D eigenvalue weighted by Crippen LogP contribution is -2.29. The van der Waals surface area contributed by atoms with Crippen molar-refractivity contribution in [1.82, 2.24) is 9.55 Å². The maximum Gasteiger partial charge on any atom is 0.351 e. The van der Waals surface area contributed by atoms with E-state index in [1.807, 2.05) is 30.3 Å². The van der Waals surface area contributed by atoms with Gasteiger partial charge in [0, 0.05) is 23.1 Å². The standard InChI is InChI=1S/C16H19N7O3/c1-10-8-23(14-7-12(20-22-17)13(9-24)26-14)16(25)18-15(10)21-19-11-5-3-2-4-6-11/h2-6,8,12-14,19,24H,7,9H2,1H3,(H,18,21,25)/t12?,13-,14-/m1/s1. The van der Waals surface area contributed by atoms with Gasteiger partial charge in [-0.25, -0.2) is 4.79 Å². The first-order valence-corrected chi connectivity index (χ1v) is 8.09. The number of hydrogen-bond donors (Lipinski definition) is 3. The van der Waals surface area contributed by atoms with Gasteiger partial charge in [-0.2, -0.15) is 4.98 Å².